The number of hydrogen-bond acceptors (Lipinski definition) is 6. The molecule has 1 atom stereocenters. The molecule has 0 amide bonds. The van der Waals surface area contributed by atoms with Crippen LogP contribution < -0.4 is 0 Å². The quantitative estimate of drug-likeness (QED) is 0.0261. The Kier molecular flexibility index (Phi) is 61.3. The molecule has 0 radical (unpaired) electrons. The van der Waals surface area contributed by atoms with E-state index in [9.17, 15) is 14.4 Å². The van der Waals surface area contributed by atoms with Crippen molar-refractivity contribution in [2.75, 3.05) is 13.2 Å². The predicted molar refractivity (Wildman–Crippen MR) is 334 cm³/mol. The monoisotopic (exact) mass is 1070 g/mol. The first kappa shape index (κ1) is 73.1. The van der Waals surface area contributed by atoms with Crippen LogP contribution in [0.3, 0.4) is 0 Å². The van der Waals surface area contributed by atoms with Crippen LogP contribution in [-0.2, 0) is 28.6 Å². The van der Waals surface area contributed by atoms with E-state index < -0.39 is 6.10 Å². The number of carbonyl (C=O) groups is 3. The van der Waals surface area contributed by atoms with Crippen LogP contribution >= 0.6 is 0 Å². The number of carbonyl (C=O) groups excluding carboxylic acids is 3. The Balaban J connectivity index is 4.49. The molecule has 440 valence electrons. The van der Waals surface area contributed by atoms with Crippen molar-refractivity contribution in [2.45, 2.75) is 309 Å². The van der Waals surface area contributed by atoms with Crippen molar-refractivity contribution < 1.29 is 28.6 Å². The molecule has 0 aliphatic rings. The van der Waals surface area contributed by atoms with E-state index in [1.165, 1.54) is 141 Å². The summed E-state index contributed by atoms with van der Waals surface area (Å²) in [6.07, 6.45) is 88.0. The fourth-order valence-corrected chi connectivity index (χ4v) is 8.92. The zero-order valence-corrected chi connectivity index (χ0v) is 50.4. The van der Waals surface area contributed by atoms with Crippen LogP contribution in [0.1, 0.15) is 303 Å². The third-order valence-corrected chi connectivity index (χ3v) is 13.8. The molecule has 0 saturated carbocycles. The van der Waals surface area contributed by atoms with Crippen LogP contribution in [-0.4, -0.2) is 37.2 Å². The SMILES string of the molecule is CC/C=C\C/C=C\C/C=C\C/C=C\C/C=C\C/C=C\CCCCC(=O)OCC(COC(=O)CCCCCCCCCCCCCCCCCCC)OC(=O)CCCCCCCC/C=C\C/C=C\C/C=C\CCCCCCC. The van der Waals surface area contributed by atoms with Crippen LogP contribution in [0.15, 0.2) is 109 Å². The van der Waals surface area contributed by atoms with Gasteiger partial charge in [0.05, 0.1) is 0 Å². The van der Waals surface area contributed by atoms with Gasteiger partial charge in [-0.1, -0.05) is 284 Å². The van der Waals surface area contributed by atoms with Crippen molar-refractivity contribution in [1.82, 2.24) is 0 Å². The first-order valence-corrected chi connectivity index (χ1v) is 32.4. The minimum absolute atomic E-state index is 0.0963. The Morgan fingerprint density at radius 1 is 0.273 bits per heavy atom. The van der Waals surface area contributed by atoms with Gasteiger partial charge in [0.2, 0.25) is 0 Å². The first-order chi connectivity index (χ1) is 38.0. The van der Waals surface area contributed by atoms with Gasteiger partial charge in [-0.05, 0) is 109 Å². The van der Waals surface area contributed by atoms with Gasteiger partial charge in [0.1, 0.15) is 13.2 Å². The van der Waals surface area contributed by atoms with E-state index in [2.05, 4.69) is 130 Å². The zero-order valence-electron chi connectivity index (χ0n) is 50.4. The van der Waals surface area contributed by atoms with Crippen molar-refractivity contribution in [3.63, 3.8) is 0 Å². The Morgan fingerprint density at radius 3 is 0.818 bits per heavy atom. The Hall–Kier alpha value is -3.93. The molecule has 0 fully saturated rings. The lowest BCUT2D eigenvalue weighted by molar-refractivity contribution is -0.167. The van der Waals surface area contributed by atoms with E-state index in [0.717, 1.165) is 122 Å². The van der Waals surface area contributed by atoms with Crippen molar-refractivity contribution in [2.24, 2.45) is 0 Å². The van der Waals surface area contributed by atoms with Gasteiger partial charge in [0.15, 0.2) is 6.10 Å². The van der Waals surface area contributed by atoms with E-state index in [4.69, 9.17) is 14.2 Å². The number of esters is 3. The molecule has 0 aromatic heterocycles. The van der Waals surface area contributed by atoms with E-state index in [1.54, 1.807) is 0 Å². The molecule has 0 saturated heterocycles. The van der Waals surface area contributed by atoms with E-state index >= 15 is 0 Å². The standard InChI is InChI=1S/C71H120O6/c1-4-7-10-13-16-19-22-25-28-31-33-35-37-40-43-46-49-52-55-58-61-64-70(73)76-67-68(66-75-69(72)63-60-57-54-51-48-45-42-39-30-27-24-21-18-15-12-9-6-3)77-71(74)65-62-59-56-53-50-47-44-41-38-36-34-32-29-26-23-20-17-14-11-8-5-2/h7,10,16,19,23,25-26,28,32-35,38,40-41,43,49,52,68H,4-6,8-9,11-15,17-18,20-22,24,27,29-31,36-37,39,42,44-48,50-51,53-67H2,1-3H3/b10-7-,19-16-,26-23-,28-25-,34-32-,35-33-,41-38-,43-40-,52-49-. The lowest BCUT2D eigenvalue weighted by atomic mass is 10.0. The summed E-state index contributed by atoms with van der Waals surface area (Å²) in [4.78, 5) is 38.4. The van der Waals surface area contributed by atoms with Crippen molar-refractivity contribution in [3.05, 3.63) is 109 Å². The lowest BCUT2D eigenvalue weighted by Gasteiger charge is -2.18. The van der Waals surface area contributed by atoms with Crippen molar-refractivity contribution in [3.8, 4) is 0 Å². The third kappa shape index (κ3) is 62.8. The van der Waals surface area contributed by atoms with Crippen LogP contribution in [0.2, 0.25) is 0 Å². The van der Waals surface area contributed by atoms with Crippen LogP contribution in [0, 0.1) is 0 Å². The summed E-state index contributed by atoms with van der Waals surface area (Å²) in [5.74, 6) is -0.945. The fraction of sp³-hybridized carbons (Fsp3) is 0.704. The van der Waals surface area contributed by atoms with Gasteiger partial charge in [-0.15, -0.1) is 0 Å². The van der Waals surface area contributed by atoms with Crippen molar-refractivity contribution in [1.29, 1.82) is 0 Å². The van der Waals surface area contributed by atoms with Gasteiger partial charge in [0, 0.05) is 19.3 Å². The van der Waals surface area contributed by atoms with E-state index in [-0.39, 0.29) is 31.1 Å². The molecule has 0 aromatic carbocycles. The maximum absolute atomic E-state index is 12.9. The number of unbranched alkanes of at least 4 members (excludes halogenated alkanes) is 29. The summed E-state index contributed by atoms with van der Waals surface area (Å²) in [5.41, 5.74) is 0. The Bertz CT molecular complexity index is 1560. The average Bonchev–Trinajstić information content (AvgIpc) is 3.43. The molecule has 1 unspecified atom stereocenters. The Labute approximate surface area is 476 Å². The van der Waals surface area contributed by atoms with Crippen LogP contribution in [0.4, 0.5) is 0 Å². The summed E-state index contributed by atoms with van der Waals surface area (Å²) in [6, 6.07) is 0. The molecule has 0 heterocycles. The highest BCUT2D eigenvalue weighted by Gasteiger charge is 2.19. The summed E-state index contributed by atoms with van der Waals surface area (Å²) >= 11 is 0. The number of ether oxygens (including phenoxy) is 3. The predicted octanol–water partition coefficient (Wildman–Crippen LogP) is 22.2. The number of rotatable bonds is 58. The zero-order chi connectivity index (χ0) is 55.7. The molecule has 0 rings (SSSR count). The summed E-state index contributed by atoms with van der Waals surface area (Å²) in [5, 5.41) is 0. The molecule has 0 spiro atoms. The minimum Gasteiger partial charge on any atom is -0.462 e. The number of allylic oxidation sites excluding steroid dienone is 18. The number of hydrogen-bond donors (Lipinski definition) is 0. The molecule has 0 aliphatic carbocycles. The van der Waals surface area contributed by atoms with Gasteiger partial charge >= 0.3 is 17.9 Å². The molecular weight excluding hydrogens is 949 g/mol. The molecule has 0 N–H and O–H groups in total. The van der Waals surface area contributed by atoms with E-state index in [1.807, 2.05) is 0 Å². The largest absolute Gasteiger partial charge is 0.462 e. The second-order valence-electron chi connectivity index (χ2n) is 21.3. The molecule has 6 heteroatoms. The fourth-order valence-electron chi connectivity index (χ4n) is 8.92. The minimum atomic E-state index is -0.805. The molecular formula is C71H120O6. The average molecular weight is 1070 g/mol. The van der Waals surface area contributed by atoms with Gasteiger partial charge in [-0.3, -0.25) is 14.4 Å². The maximum Gasteiger partial charge on any atom is 0.306 e. The normalized spacial score (nSPS) is 12.8. The molecule has 0 aromatic rings. The van der Waals surface area contributed by atoms with E-state index in [0.29, 0.717) is 19.3 Å². The van der Waals surface area contributed by atoms with Gasteiger partial charge < -0.3 is 14.2 Å². The second kappa shape index (κ2) is 64.6. The highest BCUT2D eigenvalue weighted by molar-refractivity contribution is 5.71. The Morgan fingerprint density at radius 2 is 0.506 bits per heavy atom. The van der Waals surface area contributed by atoms with Crippen molar-refractivity contribution >= 4 is 17.9 Å². The first-order valence-electron chi connectivity index (χ1n) is 32.4. The van der Waals surface area contributed by atoms with Gasteiger partial charge in [-0.25, -0.2) is 0 Å². The topological polar surface area (TPSA) is 78.9 Å². The molecule has 0 bridgehead atoms. The maximum atomic E-state index is 12.9. The molecule has 77 heavy (non-hydrogen) atoms. The van der Waals surface area contributed by atoms with Gasteiger partial charge in [0.25, 0.3) is 0 Å². The summed E-state index contributed by atoms with van der Waals surface area (Å²) < 4.78 is 16.9. The second-order valence-corrected chi connectivity index (χ2v) is 21.3. The molecule has 0 aliphatic heterocycles. The highest BCUT2D eigenvalue weighted by atomic mass is 16.6. The summed E-state index contributed by atoms with van der Waals surface area (Å²) in [6.45, 7) is 6.50. The lowest BCUT2D eigenvalue weighted by Crippen LogP contribution is -2.30. The third-order valence-electron chi connectivity index (χ3n) is 13.8. The highest BCUT2D eigenvalue weighted by Crippen LogP contribution is 2.16. The van der Waals surface area contributed by atoms with Gasteiger partial charge in [-0.2, -0.15) is 0 Å². The van der Waals surface area contributed by atoms with Crippen LogP contribution in [0.5, 0.6) is 0 Å². The molecule has 6 nitrogen and oxygen atoms in total. The van der Waals surface area contributed by atoms with Crippen LogP contribution in [0.25, 0.3) is 0 Å². The summed E-state index contributed by atoms with van der Waals surface area (Å²) in [7, 11) is 0. The smallest absolute Gasteiger partial charge is 0.306 e.